The van der Waals surface area contributed by atoms with E-state index in [9.17, 15) is 35.9 Å². The van der Waals surface area contributed by atoms with Gasteiger partial charge in [0.15, 0.2) is 0 Å². The molecular formula is C24H27F4N5O6S. The smallest absolute Gasteiger partial charge is 0.478 e. The van der Waals surface area contributed by atoms with Crippen molar-refractivity contribution in [2.45, 2.75) is 44.8 Å². The molecule has 218 valence electrons. The van der Waals surface area contributed by atoms with Crippen molar-refractivity contribution in [3.8, 4) is 0 Å². The van der Waals surface area contributed by atoms with Crippen molar-refractivity contribution in [1.82, 2.24) is 14.8 Å². The van der Waals surface area contributed by atoms with Gasteiger partial charge in [0, 0.05) is 25.8 Å². The third-order valence-corrected chi connectivity index (χ3v) is 7.00. The normalized spacial score (nSPS) is 11.4. The third-order valence-electron chi connectivity index (χ3n) is 5.61. The Balaban J connectivity index is 0.000000708. The number of sulfonamides is 1. The molecule has 2 heterocycles. The van der Waals surface area contributed by atoms with Crippen LogP contribution >= 0.6 is 0 Å². The van der Waals surface area contributed by atoms with E-state index in [1.807, 2.05) is 25.5 Å². The van der Waals surface area contributed by atoms with Crippen LogP contribution in [0.15, 0.2) is 41.4 Å². The van der Waals surface area contributed by atoms with Crippen LogP contribution in [0, 0.1) is 19.7 Å². The Labute approximate surface area is 227 Å². The summed E-state index contributed by atoms with van der Waals surface area (Å²) in [5, 5.41) is 21.3. The number of hydrogen-bond acceptors (Lipinski definition) is 7. The Hall–Kier alpha value is -4.21. The van der Waals surface area contributed by atoms with E-state index in [0.717, 1.165) is 47.8 Å². The number of nitrogens with one attached hydrogen (secondary N) is 1. The second kappa shape index (κ2) is 12.8. The summed E-state index contributed by atoms with van der Waals surface area (Å²) in [6.45, 7) is 7.22. The fourth-order valence-corrected chi connectivity index (χ4v) is 4.63. The van der Waals surface area contributed by atoms with Crippen LogP contribution < -0.4 is 9.62 Å². The first-order valence-electron chi connectivity index (χ1n) is 11.5. The standard InChI is InChI=1S/C22H26FN5O4S.C2HF3O2/c1-5-28-15(3)19(14(2)25-28)10-11-27(4)21-20(22(29)30)12-17(13-24-21)26-33(31,32)18-8-6-16(23)7-9-18;3-2(4,5)1(6)7/h6-9,12-13,26H,5,10-11H2,1-4H3,(H,29,30);(H,6,7). The average Bonchev–Trinajstić information content (AvgIpc) is 3.14. The predicted molar refractivity (Wildman–Crippen MR) is 136 cm³/mol. The van der Waals surface area contributed by atoms with Crippen molar-refractivity contribution >= 4 is 33.5 Å². The summed E-state index contributed by atoms with van der Waals surface area (Å²) in [7, 11) is -2.31. The first-order valence-corrected chi connectivity index (χ1v) is 13.0. The molecule has 0 saturated heterocycles. The molecule has 0 atom stereocenters. The van der Waals surface area contributed by atoms with Gasteiger partial charge >= 0.3 is 18.1 Å². The summed E-state index contributed by atoms with van der Waals surface area (Å²) in [4.78, 5) is 26.5. The number of aryl methyl sites for hydroxylation is 2. The number of nitrogens with zero attached hydrogens (tertiary/aromatic N) is 4. The number of pyridine rings is 1. The van der Waals surface area contributed by atoms with Crippen LogP contribution in [0.5, 0.6) is 0 Å². The van der Waals surface area contributed by atoms with Gasteiger partial charge in [0.25, 0.3) is 10.0 Å². The first-order chi connectivity index (χ1) is 18.5. The molecule has 0 aliphatic carbocycles. The minimum Gasteiger partial charge on any atom is -0.478 e. The lowest BCUT2D eigenvalue weighted by Crippen LogP contribution is -2.24. The highest BCUT2D eigenvalue weighted by molar-refractivity contribution is 7.92. The number of aromatic nitrogens is 3. The van der Waals surface area contributed by atoms with Gasteiger partial charge < -0.3 is 15.1 Å². The number of aliphatic carboxylic acids is 1. The van der Waals surface area contributed by atoms with Gasteiger partial charge in [0.05, 0.1) is 22.5 Å². The topological polar surface area (TPSA) is 155 Å². The lowest BCUT2D eigenvalue weighted by Gasteiger charge is -2.21. The van der Waals surface area contributed by atoms with Crippen LogP contribution in [-0.4, -0.2) is 65.1 Å². The van der Waals surface area contributed by atoms with Crippen molar-refractivity contribution in [3.63, 3.8) is 0 Å². The Morgan fingerprint density at radius 3 is 2.17 bits per heavy atom. The van der Waals surface area contributed by atoms with E-state index in [-0.39, 0.29) is 22.0 Å². The largest absolute Gasteiger partial charge is 0.490 e. The molecule has 40 heavy (non-hydrogen) atoms. The van der Waals surface area contributed by atoms with Crippen LogP contribution in [0.3, 0.4) is 0 Å². The number of benzene rings is 1. The number of carboxylic acids is 2. The molecule has 0 unspecified atom stereocenters. The van der Waals surface area contributed by atoms with Crippen molar-refractivity contribution < 1.29 is 45.8 Å². The van der Waals surface area contributed by atoms with Gasteiger partial charge in [0.1, 0.15) is 17.2 Å². The molecule has 0 aliphatic rings. The van der Waals surface area contributed by atoms with Crippen molar-refractivity contribution in [1.29, 1.82) is 0 Å². The van der Waals surface area contributed by atoms with Crippen LogP contribution in [0.25, 0.3) is 0 Å². The van der Waals surface area contributed by atoms with E-state index >= 15 is 0 Å². The average molecular weight is 590 g/mol. The van der Waals surface area contributed by atoms with Crippen molar-refractivity contribution in [2.24, 2.45) is 0 Å². The molecule has 3 N–H and O–H groups in total. The third kappa shape index (κ3) is 8.14. The maximum atomic E-state index is 13.1. The summed E-state index contributed by atoms with van der Waals surface area (Å²) in [5.41, 5.74) is 2.95. The number of carboxylic acid groups (broad SMARTS) is 2. The SMILES string of the molecule is CCn1nc(C)c(CCN(C)c2ncc(NS(=O)(=O)c3ccc(F)cc3)cc2C(=O)O)c1C.O=C(O)C(F)(F)F. The molecule has 1 aromatic carbocycles. The highest BCUT2D eigenvalue weighted by Gasteiger charge is 2.38. The van der Waals surface area contributed by atoms with Gasteiger partial charge in [-0.25, -0.2) is 27.4 Å². The minimum atomic E-state index is -5.08. The quantitative estimate of drug-likeness (QED) is 0.316. The van der Waals surface area contributed by atoms with Gasteiger partial charge in [-0.15, -0.1) is 0 Å². The highest BCUT2D eigenvalue weighted by Crippen LogP contribution is 2.24. The fraction of sp³-hybridized carbons (Fsp3) is 0.333. The molecule has 3 rings (SSSR count). The molecule has 0 bridgehead atoms. The monoisotopic (exact) mass is 589 g/mol. The molecular weight excluding hydrogens is 562 g/mol. The molecule has 3 aromatic rings. The van der Waals surface area contributed by atoms with Gasteiger partial charge in [-0.3, -0.25) is 9.40 Å². The van der Waals surface area contributed by atoms with Crippen LogP contribution in [0.2, 0.25) is 0 Å². The summed E-state index contributed by atoms with van der Waals surface area (Å²) >= 11 is 0. The van der Waals surface area contributed by atoms with Crippen LogP contribution in [-0.2, 0) is 27.8 Å². The zero-order chi connectivity index (χ0) is 30.4. The highest BCUT2D eigenvalue weighted by atomic mass is 32.2. The number of hydrogen-bond donors (Lipinski definition) is 3. The van der Waals surface area contributed by atoms with Gasteiger partial charge in [-0.2, -0.15) is 18.3 Å². The van der Waals surface area contributed by atoms with Gasteiger partial charge in [-0.1, -0.05) is 0 Å². The Morgan fingerprint density at radius 1 is 1.12 bits per heavy atom. The number of rotatable bonds is 9. The Bertz CT molecular complexity index is 1470. The zero-order valence-electron chi connectivity index (χ0n) is 21.8. The van der Waals surface area contributed by atoms with E-state index in [0.29, 0.717) is 13.0 Å². The van der Waals surface area contributed by atoms with Crippen molar-refractivity contribution in [2.75, 3.05) is 23.2 Å². The maximum absolute atomic E-state index is 13.1. The fourth-order valence-electron chi connectivity index (χ4n) is 3.59. The second-order valence-electron chi connectivity index (χ2n) is 8.40. The van der Waals surface area contributed by atoms with Crippen LogP contribution in [0.1, 0.15) is 34.2 Å². The van der Waals surface area contributed by atoms with E-state index in [1.54, 1.807) is 11.9 Å². The number of carbonyl (C=O) groups is 2. The number of halogens is 4. The van der Waals surface area contributed by atoms with E-state index in [2.05, 4.69) is 14.8 Å². The molecule has 11 nitrogen and oxygen atoms in total. The number of likely N-dealkylation sites (N-methyl/N-ethyl adjacent to an activating group) is 1. The second-order valence-corrected chi connectivity index (χ2v) is 10.1. The molecule has 0 saturated carbocycles. The minimum absolute atomic E-state index is 0.00946. The lowest BCUT2D eigenvalue weighted by molar-refractivity contribution is -0.192. The number of alkyl halides is 3. The summed E-state index contributed by atoms with van der Waals surface area (Å²) in [5.74, 6) is -4.35. The molecule has 0 amide bonds. The van der Waals surface area contributed by atoms with Crippen LogP contribution in [0.4, 0.5) is 29.1 Å². The number of anilines is 2. The molecule has 0 radical (unpaired) electrons. The summed E-state index contributed by atoms with van der Waals surface area (Å²) < 4.78 is 74.1. The van der Waals surface area contributed by atoms with E-state index in [4.69, 9.17) is 9.90 Å². The maximum Gasteiger partial charge on any atom is 0.490 e. The van der Waals surface area contributed by atoms with E-state index in [1.165, 1.54) is 12.3 Å². The molecule has 2 aromatic heterocycles. The van der Waals surface area contributed by atoms with Crippen molar-refractivity contribution in [3.05, 3.63) is 64.9 Å². The molecule has 0 fully saturated rings. The lowest BCUT2D eigenvalue weighted by atomic mass is 10.1. The summed E-state index contributed by atoms with van der Waals surface area (Å²) in [6, 6.07) is 5.52. The van der Waals surface area contributed by atoms with E-state index < -0.39 is 34.0 Å². The first kappa shape index (κ1) is 32.0. The molecule has 0 aliphatic heterocycles. The number of aromatic carboxylic acids is 1. The summed E-state index contributed by atoms with van der Waals surface area (Å²) in [6.07, 6.45) is -3.18. The predicted octanol–water partition coefficient (Wildman–Crippen LogP) is 3.87. The Morgan fingerprint density at radius 2 is 1.70 bits per heavy atom. The zero-order valence-corrected chi connectivity index (χ0v) is 22.6. The van der Waals surface area contributed by atoms with Gasteiger partial charge in [0.2, 0.25) is 0 Å². The van der Waals surface area contributed by atoms with Gasteiger partial charge in [-0.05, 0) is 63.1 Å². The Kier molecular flexibility index (Phi) is 10.2. The molecule has 16 heteroatoms. The molecule has 0 spiro atoms.